The minimum atomic E-state index is 0.165. The summed E-state index contributed by atoms with van der Waals surface area (Å²) in [5.74, 6) is 1.93. The maximum atomic E-state index is 13.1. The van der Waals surface area contributed by atoms with Crippen LogP contribution in [0.5, 0.6) is 0 Å². The van der Waals surface area contributed by atoms with Crippen molar-refractivity contribution in [1.29, 1.82) is 0 Å². The van der Waals surface area contributed by atoms with Gasteiger partial charge in [-0.15, -0.1) is 0 Å². The lowest BCUT2D eigenvalue weighted by atomic mass is 10.2. The molecule has 7 nitrogen and oxygen atoms in total. The third kappa shape index (κ3) is 4.18. The zero-order chi connectivity index (χ0) is 21.2. The highest BCUT2D eigenvalue weighted by atomic mass is 32.2. The number of hydrogen-bond acceptors (Lipinski definition) is 5. The van der Waals surface area contributed by atoms with Gasteiger partial charge in [0.2, 0.25) is 5.91 Å². The number of pyridine rings is 1. The molecule has 0 unspecified atom stereocenters. The van der Waals surface area contributed by atoms with Gasteiger partial charge >= 0.3 is 0 Å². The van der Waals surface area contributed by atoms with Crippen LogP contribution >= 0.6 is 11.8 Å². The molecule has 0 radical (unpaired) electrons. The average Bonchev–Trinajstić information content (AvgIpc) is 3.35. The number of thioether (sulfide) groups is 1. The molecule has 1 aromatic carbocycles. The van der Waals surface area contributed by atoms with Crippen molar-refractivity contribution in [3.05, 3.63) is 66.4 Å². The molecular formula is C23H26N6OS. The number of hydrogen-bond donors (Lipinski definition) is 0. The third-order valence-corrected chi connectivity index (χ3v) is 6.37. The molecule has 8 heteroatoms. The van der Waals surface area contributed by atoms with Crippen LogP contribution in [0.3, 0.4) is 0 Å². The average molecular weight is 435 g/mol. The van der Waals surface area contributed by atoms with Gasteiger partial charge in [-0.1, -0.05) is 18.2 Å². The number of carbonyl (C=O) groups excluding carboxylic acids is 1. The van der Waals surface area contributed by atoms with Gasteiger partial charge in [0.05, 0.1) is 22.5 Å². The van der Waals surface area contributed by atoms with Crippen LogP contribution in [-0.4, -0.2) is 67.1 Å². The lowest BCUT2D eigenvalue weighted by Gasteiger charge is -2.34. The number of fused-ring (bicyclic) bond motifs is 2. The first-order valence-corrected chi connectivity index (χ1v) is 12.0. The van der Waals surface area contributed by atoms with Crippen molar-refractivity contribution in [2.24, 2.45) is 0 Å². The number of imidazole rings is 2. The van der Waals surface area contributed by atoms with Crippen LogP contribution in [-0.2, 0) is 23.6 Å². The number of aromatic nitrogens is 4. The highest BCUT2D eigenvalue weighted by Crippen LogP contribution is 2.19. The van der Waals surface area contributed by atoms with Gasteiger partial charge in [0.15, 0.2) is 0 Å². The molecule has 1 aliphatic heterocycles. The van der Waals surface area contributed by atoms with E-state index < -0.39 is 0 Å². The molecule has 0 aliphatic carbocycles. The summed E-state index contributed by atoms with van der Waals surface area (Å²) in [5, 5.41) is 0. The Hall–Kier alpha value is -2.84. The molecule has 0 saturated carbocycles. The van der Waals surface area contributed by atoms with Gasteiger partial charge in [0.1, 0.15) is 18.0 Å². The molecule has 0 N–H and O–H groups in total. The number of nitrogens with zero attached hydrogens (tertiary/aromatic N) is 6. The van der Waals surface area contributed by atoms with Crippen molar-refractivity contribution >= 4 is 34.3 Å². The molecule has 5 rings (SSSR count). The Morgan fingerprint density at radius 1 is 1.03 bits per heavy atom. The van der Waals surface area contributed by atoms with Crippen molar-refractivity contribution in [2.45, 2.75) is 18.8 Å². The van der Waals surface area contributed by atoms with Gasteiger partial charge in [0, 0.05) is 45.1 Å². The zero-order valence-corrected chi connectivity index (χ0v) is 18.5. The summed E-state index contributed by atoms with van der Waals surface area (Å²) in [6.07, 6.45) is 6.17. The van der Waals surface area contributed by atoms with E-state index in [9.17, 15) is 4.79 Å². The standard InChI is InChI=1S/C23H26N6OS/c1-31-17-22-25-19-6-2-3-7-20(19)29(22)16-23(30)27-12-10-26(11-13-27)14-18-15-28-9-5-4-8-21(28)24-18/h2-9,15H,10-14,16-17H2,1H3. The monoisotopic (exact) mass is 434 g/mol. The molecule has 160 valence electrons. The molecule has 0 spiro atoms. The lowest BCUT2D eigenvalue weighted by molar-refractivity contribution is -0.133. The summed E-state index contributed by atoms with van der Waals surface area (Å²) in [6, 6.07) is 14.1. The Morgan fingerprint density at radius 3 is 2.65 bits per heavy atom. The normalized spacial score (nSPS) is 15.2. The zero-order valence-electron chi connectivity index (χ0n) is 17.6. The van der Waals surface area contributed by atoms with E-state index in [1.165, 1.54) is 0 Å². The largest absolute Gasteiger partial charge is 0.339 e. The van der Waals surface area contributed by atoms with Crippen molar-refractivity contribution in [3.63, 3.8) is 0 Å². The Labute approximate surface area is 185 Å². The van der Waals surface area contributed by atoms with Crippen LogP contribution in [0.4, 0.5) is 0 Å². The number of amides is 1. The van der Waals surface area contributed by atoms with E-state index in [4.69, 9.17) is 9.97 Å². The number of piperazine rings is 1. The van der Waals surface area contributed by atoms with Gasteiger partial charge in [-0.2, -0.15) is 11.8 Å². The number of para-hydroxylation sites is 2. The minimum Gasteiger partial charge on any atom is -0.339 e. The topological polar surface area (TPSA) is 58.7 Å². The molecule has 31 heavy (non-hydrogen) atoms. The summed E-state index contributed by atoms with van der Waals surface area (Å²) in [6.45, 7) is 4.38. The first-order valence-electron chi connectivity index (χ1n) is 10.6. The predicted octanol–water partition coefficient (Wildman–Crippen LogP) is 2.89. The molecule has 1 fully saturated rings. The van der Waals surface area contributed by atoms with Gasteiger partial charge in [-0.05, 0) is 30.5 Å². The second kappa shape index (κ2) is 8.72. The second-order valence-electron chi connectivity index (χ2n) is 7.89. The Morgan fingerprint density at radius 2 is 1.84 bits per heavy atom. The fourth-order valence-electron chi connectivity index (χ4n) is 4.22. The summed E-state index contributed by atoms with van der Waals surface area (Å²) in [7, 11) is 0. The number of rotatable bonds is 6. The van der Waals surface area contributed by atoms with Crippen LogP contribution in [0.2, 0.25) is 0 Å². The molecule has 0 bridgehead atoms. The van der Waals surface area contributed by atoms with Gasteiger partial charge in [-0.25, -0.2) is 9.97 Å². The Balaban J connectivity index is 1.22. The van der Waals surface area contributed by atoms with E-state index >= 15 is 0 Å². The predicted molar refractivity (Wildman–Crippen MR) is 124 cm³/mol. The molecule has 1 aliphatic rings. The highest BCUT2D eigenvalue weighted by molar-refractivity contribution is 7.97. The molecule has 1 saturated heterocycles. The SMILES string of the molecule is CSCc1nc2ccccc2n1CC(=O)N1CCN(Cc2cn3ccccc3n2)CC1. The first kappa shape index (κ1) is 20.1. The van der Waals surface area contributed by atoms with Crippen LogP contribution in [0.1, 0.15) is 11.5 Å². The summed E-state index contributed by atoms with van der Waals surface area (Å²) < 4.78 is 4.13. The number of benzene rings is 1. The summed E-state index contributed by atoms with van der Waals surface area (Å²) >= 11 is 1.73. The highest BCUT2D eigenvalue weighted by Gasteiger charge is 2.23. The smallest absolute Gasteiger partial charge is 0.242 e. The van der Waals surface area contributed by atoms with Gasteiger partial charge < -0.3 is 13.9 Å². The molecule has 0 atom stereocenters. The quantitative estimate of drug-likeness (QED) is 0.467. The fourth-order valence-corrected chi connectivity index (χ4v) is 4.70. The summed E-state index contributed by atoms with van der Waals surface area (Å²) in [4.78, 5) is 26.9. The molecule has 1 amide bonds. The van der Waals surface area contributed by atoms with E-state index in [0.29, 0.717) is 6.54 Å². The molecule has 4 aromatic rings. The molecule has 3 aromatic heterocycles. The van der Waals surface area contributed by atoms with E-state index in [1.54, 1.807) is 11.8 Å². The third-order valence-electron chi connectivity index (χ3n) is 5.82. The van der Waals surface area contributed by atoms with Gasteiger partial charge in [-0.3, -0.25) is 9.69 Å². The van der Waals surface area contributed by atoms with Crippen molar-refractivity contribution in [1.82, 2.24) is 28.7 Å². The van der Waals surface area contributed by atoms with Crippen molar-refractivity contribution < 1.29 is 4.79 Å². The minimum absolute atomic E-state index is 0.165. The first-order chi connectivity index (χ1) is 15.2. The Bertz CT molecular complexity index is 1170. The van der Waals surface area contributed by atoms with Crippen LogP contribution in [0.15, 0.2) is 54.9 Å². The van der Waals surface area contributed by atoms with Crippen molar-refractivity contribution in [2.75, 3.05) is 32.4 Å². The fraction of sp³-hybridized carbons (Fsp3) is 0.348. The lowest BCUT2D eigenvalue weighted by Crippen LogP contribution is -2.49. The maximum Gasteiger partial charge on any atom is 0.242 e. The molecular weight excluding hydrogens is 408 g/mol. The summed E-state index contributed by atoms with van der Waals surface area (Å²) in [5.41, 5.74) is 4.03. The van der Waals surface area contributed by atoms with E-state index in [2.05, 4.69) is 26.3 Å². The Kier molecular flexibility index (Phi) is 5.65. The maximum absolute atomic E-state index is 13.1. The van der Waals surface area contributed by atoms with Gasteiger partial charge in [0.25, 0.3) is 0 Å². The van der Waals surface area contributed by atoms with E-state index in [-0.39, 0.29) is 5.91 Å². The van der Waals surface area contributed by atoms with Crippen LogP contribution in [0.25, 0.3) is 16.7 Å². The van der Waals surface area contributed by atoms with Crippen LogP contribution < -0.4 is 0 Å². The van der Waals surface area contributed by atoms with E-state index in [0.717, 1.165) is 66.7 Å². The van der Waals surface area contributed by atoms with Crippen molar-refractivity contribution in [3.8, 4) is 0 Å². The van der Waals surface area contributed by atoms with Crippen LogP contribution in [0, 0.1) is 0 Å². The van der Waals surface area contributed by atoms with E-state index in [1.807, 2.05) is 53.6 Å². The number of carbonyl (C=O) groups is 1. The second-order valence-corrected chi connectivity index (χ2v) is 8.76. The molecule has 4 heterocycles.